The molecular formula is C15H25FIN3S. The molecule has 0 aliphatic carbocycles. The Kier molecular flexibility index (Phi) is 10.9. The van der Waals surface area contributed by atoms with Crippen LogP contribution in [0, 0.1) is 5.82 Å². The summed E-state index contributed by atoms with van der Waals surface area (Å²) in [6.07, 6.45) is 2.09. The van der Waals surface area contributed by atoms with Gasteiger partial charge in [0.25, 0.3) is 0 Å². The lowest BCUT2D eigenvalue weighted by Gasteiger charge is -2.22. The van der Waals surface area contributed by atoms with Crippen LogP contribution >= 0.6 is 35.7 Å². The van der Waals surface area contributed by atoms with Crippen LogP contribution < -0.4 is 5.32 Å². The molecule has 1 unspecified atom stereocenters. The van der Waals surface area contributed by atoms with E-state index in [1.807, 2.05) is 24.9 Å². The molecule has 0 saturated heterocycles. The molecule has 1 aromatic carbocycles. The molecule has 1 aromatic rings. The molecule has 21 heavy (non-hydrogen) atoms. The molecule has 0 fully saturated rings. The van der Waals surface area contributed by atoms with Crippen LogP contribution in [0.25, 0.3) is 0 Å². The zero-order valence-corrected chi connectivity index (χ0v) is 16.2. The molecule has 0 spiro atoms. The molecular weight excluding hydrogens is 400 g/mol. The van der Waals surface area contributed by atoms with Crippen molar-refractivity contribution >= 4 is 41.7 Å². The maximum atomic E-state index is 13.2. The van der Waals surface area contributed by atoms with Gasteiger partial charge < -0.3 is 10.2 Å². The van der Waals surface area contributed by atoms with Crippen LogP contribution in [0.4, 0.5) is 4.39 Å². The first-order valence-corrected chi connectivity index (χ1v) is 8.12. The molecule has 3 nitrogen and oxygen atoms in total. The number of aliphatic imine (C=N–C) groups is 1. The van der Waals surface area contributed by atoms with Gasteiger partial charge in [0, 0.05) is 25.4 Å². The minimum atomic E-state index is -0.200. The van der Waals surface area contributed by atoms with Gasteiger partial charge >= 0.3 is 0 Å². The van der Waals surface area contributed by atoms with Gasteiger partial charge in [-0.25, -0.2) is 4.39 Å². The Labute approximate surface area is 148 Å². The highest BCUT2D eigenvalue weighted by Gasteiger charge is 2.08. The standard InChI is InChI=1S/C15H24FN3S.HI/c1-5-17-15(18-10-12(2)20-4)19(3)11-13-7-6-8-14(16)9-13;/h6-9,12H,5,10-11H2,1-4H3,(H,17,18);1H. The van der Waals surface area contributed by atoms with Crippen LogP contribution in [0.5, 0.6) is 0 Å². The minimum Gasteiger partial charge on any atom is -0.357 e. The maximum absolute atomic E-state index is 13.2. The van der Waals surface area contributed by atoms with Crippen molar-refractivity contribution in [2.24, 2.45) is 4.99 Å². The van der Waals surface area contributed by atoms with Crippen molar-refractivity contribution in [2.75, 3.05) is 26.4 Å². The summed E-state index contributed by atoms with van der Waals surface area (Å²) in [6.45, 7) is 6.43. The Morgan fingerprint density at radius 1 is 1.48 bits per heavy atom. The van der Waals surface area contributed by atoms with E-state index >= 15 is 0 Å². The maximum Gasteiger partial charge on any atom is 0.193 e. The van der Waals surface area contributed by atoms with E-state index in [1.165, 1.54) is 6.07 Å². The normalized spacial score (nSPS) is 12.5. The van der Waals surface area contributed by atoms with Crippen molar-refractivity contribution in [3.63, 3.8) is 0 Å². The van der Waals surface area contributed by atoms with Crippen LogP contribution in [-0.2, 0) is 6.54 Å². The van der Waals surface area contributed by atoms with Crippen molar-refractivity contribution in [2.45, 2.75) is 25.6 Å². The lowest BCUT2D eigenvalue weighted by atomic mass is 10.2. The average molecular weight is 425 g/mol. The van der Waals surface area contributed by atoms with Gasteiger partial charge in [0.05, 0.1) is 6.54 Å². The topological polar surface area (TPSA) is 27.6 Å². The van der Waals surface area contributed by atoms with Gasteiger partial charge in [-0.2, -0.15) is 11.8 Å². The van der Waals surface area contributed by atoms with E-state index in [1.54, 1.807) is 23.9 Å². The van der Waals surface area contributed by atoms with Gasteiger partial charge in [0.1, 0.15) is 5.82 Å². The summed E-state index contributed by atoms with van der Waals surface area (Å²) in [5, 5.41) is 3.76. The number of thioether (sulfide) groups is 1. The fourth-order valence-electron chi connectivity index (χ4n) is 1.74. The number of benzene rings is 1. The summed E-state index contributed by atoms with van der Waals surface area (Å²) in [4.78, 5) is 6.64. The SMILES string of the molecule is CCNC(=NCC(C)SC)N(C)Cc1cccc(F)c1.I. The molecule has 1 atom stereocenters. The van der Waals surface area contributed by atoms with Crippen LogP contribution in [0.1, 0.15) is 19.4 Å². The molecule has 0 aromatic heterocycles. The molecule has 1 rings (SSSR count). The minimum absolute atomic E-state index is 0. The Bertz CT molecular complexity index is 443. The number of guanidine groups is 1. The lowest BCUT2D eigenvalue weighted by molar-refractivity contribution is 0.475. The van der Waals surface area contributed by atoms with Crippen molar-refractivity contribution in [1.29, 1.82) is 0 Å². The lowest BCUT2D eigenvalue weighted by Crippen LogP contribution is -2.38. The van der Waals surface area contributed by atoms with Crippen LogP contribution in [0.15, 0.2) is 29.3 Å². The number of nitrogens with one attached hydrogen (secondary N) is 1. The fourth-order valence-corrected chi connectivity index (χ4v) is 1.97. The number of nitrogens with zero attached hydrogens (tertiary/aromatic N) is 2. The first-order valence-electron chi connectivity index (χ1n) is 6.83. The Balaban J connectivity index is 0.00000400. The number of halogens is 2. The molecule has 0 bridgehead atoms. The molecule has 1 N–H and O–H groups in total. The highest BCUT2D eigenvalue weighted by Crippen LogP contribution is 2.08. The summed E-state index contributed by atoms with van der Waals surface area (Å²) >= 11 is 1.80. The van der Waals surface area contributed by atoms with E-state index in [4.69, 9.17) is 0 Å². The Morgan fingerprint density at radius 3 is 2.76 bits per heavy atom. The molecule has 0 amide bonds. The Hall–Kier alpha value is -0.500. The molecule has 6 heteroatoms. The predicted molar refractivity (Wildman–Crippen MR) is 102 cm³/mol. The molecule has 0 radical (unpaired) electrons. The molecule has 0 saturated carbocycles. The zero-order chi connectivity index (χ0) is 15.0. The summed E-state index contributed by atoms with van der Waals surface area (Å²) in [5.41, 5.74) is 0.941. The van der Waals surface area contributed by atoms with E-state index in [0.29, 0.717) is 11.8 Å². The second-order valence-corrected chi connectivity index (χ2v) is 6.00. The van der Waals surface area contributed by atoms with Crippen molar-refractivity contribution in [3.8, 4) is 0 Å². The predicted octanol–water partition coefficient (Wildman–Crippen LogP) is 3.59. The molecule has 120 valence electrons. The second-order valence-electron chi connectivity index (χ2n) is 4.73. The van der Waals surface area contributed by atoms with Gasteiger partial charge in [-0.3, -0.25) is 4.99 Å². The van der Waals surface area contributed by atoms with Gasteiger partial charge in [-0.15, -0.1) is 24.0 Å². The van der Waals surface area contributed by atoms with E-state index in [-0.39, 0.29) is 29.8 Å². The van der Waals surface area contributed by atoms with Crippen LogP contribution in [-0.4, -0.2) is 42.5 Å². The smallest absolute Gasteiger partial charge is 0.193 e. The summed E-state index contributed by atoms with van der Waals surface area (Å²) < 4.78 is 13.2. The monoisotopic (exact) mass is 425 g/mol. The quantitative estimate of drug-likeness (QED) is 0.429. The van der Waals surface area contributed by atoms with Gasteiger partial charge in [0.2, 0.25) is 0 Å². The Morgan fingerprint density at radius 2 is 2.19 bits per heavy atom. The summed E-state index contributed by atoms with van der Waals surface area (Å²) in [5.74, 6) is 0.659. The summed E-state index contributed by atoms with van der Waals surface area (Å²) in [7, 11) is 1.97. The van der Waals surface area contributed by atoms with E-state index in [9.17, 15) is 4.39 Å². The van der Waals surface area contributed by atoms with E-state index in [0.717, 1.165) is 24.6 Å². The van der Waals surface area contributed by atoms with Crippen molar-refractivity contribution in [1.82, 2.24) is 10.2 Å². The van der Waals surface area contributed by atoms with Gasteiger partial charge in [-0.1, -0.05) is 19.1 Å². The van der Waals surface area contributed by atoms with Crippen molar-refractivity contribution in [3.05, 3.63) is 35.6 Å². The third-order valence-corrected chi connectivity index (χ3v) is 3.86. The highest BCUT2D eigenvalue weighted by atomic mass is 127. The van der Waals surface area contributed by atoms with Gasteiger partial charge in [0.15, 0.2) is 5.96 Å². The van der Waals surface area contributed by atoms with Crippen molar-refractivity contribution < 1.29 is 4.39 Å². The molecule has 0 aliphatic rings. The number of hydrogen-bond acceptors (Lipinski definition) is 2. The van der Waals surface area contributed by atoms with E-state index in [2.05, 4.69) is 23.5 Å². The largest absolute Gasteiger partial charge is 0.357 e. The van der Waals surface area contributed by atoms with E-state index < -0.39 is 0 Å². The molecule has 0 heterocycles. The third kappa shape index (κ3) is 7.90. The van der Waals surface area contributed by atoms with Crippen LogP contribution in [0.3, 0.4) is 0 Å². The first kappa shape index (κ1) is 20.5. The second kappa shape index (κ2) is 11.1. The third-order valence-electron chi connectivity index (χ3n) is 2.91. The van der Waals surface area contributed by atoms with Crippen LogP contribution in [0.2, 0.25) is 0 Å². The number of hydrogen-bond donors (Lipinski definition) is 1. The fraction of sp³-hybridized carbons (Fsp3) is 0.533. The summed E-state index contributed by atoms with van der Waals surface area (Å²) in [6, 6.07) is 6.68. The molecule has 0 aliphatic heterocycles. The highest BCUT2D eigenvalue weighted by molar-refractivity contribution is 14.0. The van der Waals surface area contributed by atoms with Gasteiger partial charge in [-0.05, 0) is 30.9 Å². The first-order chi connectivity index (χ1) is 9.56. The zero-order valence-electron chi connectivity index (χ0n) is 13.1. The average Bonchev–Trinajstić information content (AvgIpc) is 2.42. The number of rotatable bonds is 6.